The van der Waals surface area contributed by atoms with E-state index in [0.29, 0.717) is 29.1 Å². The topological polar surface area (TPSA) is 159 Å². The summed E-state index contributed by atoms with van der Waals surface area (Å²) in [5, 5.41) is 9.13. The van der Waals surface area contributed by atoms with Crippen LogP contribution in [0.1, 0.15) is 110 Å². The summed E-state index contributed by atoms with van der Waals surface area (Å²) in [5.41, 5.74) is 2.44. The van der Waals surface area contributed by atoms with Crippen molar-refractivity contribution in [2.45, 2.75) is 134 Å². The summed E-state index contributed by atoms with van der Waals surface area (Å²) in [6.45, 7) is 5.69. The van der Waals surface area contributed by atoms with Crippen molar-refractivity contribution >= 4 is 46.7 Å². The standard InChI is InChI=1S/C37H51ClN6O6/c1-36(2,3)32(42-30(45)15-23-8-5-4-6-9-23)35(49)44-21-37(17-28(43-50-37)24-16-25(38)20-39-19-24)18-29(44)33(47)41-27(14-22-10-7-11-22)31(46)34(48)40-26-12-13-26/h16-17,19-20,22-23,26-27,29,32,43H,4-15,18,21H2,1-3H3,(H,40,48)(H,41,47)(H,42,45)/t27?,29-,32+,37+/m0/s1. The highest BCUT2D eigenvalue weighted by atomic mass is 35.5. The predicted molar refractivity (Wildman–Crippen MR) is 187 cm³/mol. The van der Waals surface area contributed by atoms with E-state index in [1.54, 1.807) is 12.3 Å². The molecule has 3 aliphatic carbocycles. The third kappa shape index (κ3) is 8.67. The maximum atomic E-state index is 14.6. The van der Waals surface area contributed by atoms with Gasteiger partial charge in [-0.2, -0.15) is 0 Å². The minimum Gasteiger partial charge on any atom is -0.347 e. The van der Waals surface area contributed by atoms with Crippen LogP contribution >= 0.6 is 11.6 Å². The summed E-state index contributed by atoms with van der Waals surface area (Å²) in [4.78, 5) is 80.4. The molecule has 4 atom stereocenters. The summed E-state index contributed by atoms with van der Waals surface area (Å²) in [6.07, 6.45) is 15.8. The second kappa shape index (κ2) is 15.0. The van der Waals surface area contributed by atoms with Crippen LogP contribution in [0.5, 0.6) is 0 Å². The van der Waals surface area contributed by atoms with E-state index in [1.807, 2.05) is 26.8 Å². The van der Waals surface area contributed by atoms with E-state index >= 15 is 0 Å². The van der Waals surface area contributed by atoms with Gasteiger partial charge in [-0.25, -0.2) is 0 Å². The van der Waals surface area contributed by atoms with Gasteiger partial charge in [0, 0.05) is 36.8 Å². The molecule has 0 aromatic carbocycles. The van der Waals surface area contributed by atoms with E-state index in [0.717, 1.165) is 57.8 Å². The average molecular weight is 711 g/mol. The highest BCUT2D eigenvalue weighted by Gasteiger charge is 2.54. The Hall–Kier alpha value is -3.51. The van der Waals surface area contributed by atoms with E-state index in [-0.39, 0.29) is 36.8 Å². The number of carbonyl (C=O) groups excluding carboxylic acids is 5. The number of hydrogen-bond acceptors (Lipinski definition) is 8. The molecule has 12 nitrogen and oxygen atoms in total. The molecule has 0 radical (unpaired) electrons. The van der Waals surface area contributed by atoms with Crippen LogP contribution in [0.15, 0.2) is 24.5 Å². The van der Waals surface area contributed by atoms with E-state index in [9.17, 15) is 24.0 Å². The highest BCUT2D eigenvalue weighted by molar-refractivity contribution is 6.38. The Labute approximate surface area is 299 Å². The normalized spacial score (nSPS) is 25.2. The minimum atomic E-state index is -1.10. The number of hydroxylamine groups is 1. The Morgan fingerprint density at radius 2 is 1.72 bits per heavy atom. The number of aromatic nitrogens is 1. The summed E-state index contributed by atoms with van der Waals surface area (Å²) in [5.74, 6) is -1.96. The van der Waals surface area contributed by atoms with Crippen molar-refractivity contribution in [2.24, 2.45) is 17.3 Å². The van der Waals surface area contributed by atoms with Crippen molar-refractivity contribution < 1.29 is 28.8 Å². The van der Waals surface area contributed by atoms with E-state index in [2.05, 4.69) is 26.4 Å². The Kier molecular flexibility index (Phi) is 10.9. The molecule has 2 aliphatic heterocycles. The number of halogens is 1. The Bertz CT molecular complexity index is 1510. The molecule has 0 bridgehead atoms. The Balaban J connectivity index is 1.26. The molecular weight excluding hydrogens is 660 g/mol. The van der Waals surface area contributed by atoms with Crippen LogP contribution in [0.2, 0.25) is 5.02 Å². The first-order valence-electron chi connectivity index (χ1n) is 18.3. The van der Waals surface area contributed by atoms with Crippen molar-refractivity contribution in [3.63, 3.8) is 0 Å². The number of pyridine rings is 1. The maximum Gasteiger partial charge on any atom is 0.289 e. The molecule has 5 aliphatic rings. The van der Waals surface area contributed by atoms with Crippen LogP contribution in [-0.2, 0) is 28.8 Å². The fourth-order valence-corrected chi connectivity index (χ4v) is 7.79. The lowest BCUT2D eigenvalue weighted by molar-refractivity contribution is -0.145. The first-order chi connectivity index (χ1) is 23.8. The van der Waals surface area contributed by atoms with Crippen LogP contribution in [0.4, 0.5) is 0 Å². The van der Waals surface area contributed by atoms with E-state index < -0.39 is 52.6 Å². The zero-order valence-electron chi connectivity index (χ0n) is 29.4. The van der Waals surface area contributed by atoms with Gasteiger partial charge in [0.1, 0.15) is 17.7 Å². The Morgan fingerprint density at radius 3 is 2.36 bits per heavy atom. The highest BCUT2D eigenvalue weighted by Crippen LogP contribution is 2.39. The van der Waals surface area contributed by atoms with Gasteiger partial charge in [0.25, 0.3) is 5.91 Å². The zero-order valence-corrected chi connectivity index (χ0v) is 30.2. The number of rotatable bonds is 12. The largest absolute Gasteiger partial charge is 0.347 e. The van der Waals surface area contributed by atoms with Gasteiger partial charge in [0.2, 0.25) is 23.5 Å². The first-order valence-corrected chi connectivity index (χ1v) is 18.7. The molecule has 3 heterocycles. The summed E-state index contributed by atoms with van der Waals surface area (Å²) in [7, 11) is 0. The molecule has 4 fully saturated rings. The van der Waals surface area contributed by atoms with Gasteiger partial charge in [0.15, 0.2) is 0 Å². The molecule has 6 rings (SSSR count). The molecule has 1 aromatic rings. The fraction of sp³-hybridized carbons (Fsp3) is 0.676. The Morgan fingerprint density at radius 1 is 1.00 bits per heavy atom. The van der Waals surface area contributed by atoms with Gasteiger partial charge in [-0.1, -0.05) is 70.9 Å². The first kappa shape index (κ1) is 36.3. The quantitative estimate of drug-likeness (QED) is 0.237. The molecule has 272 valence electrons. The molecule has 4 N–H and O–H groups in total. The van der Waals surface area contributed by atoms with Crippen molar-refractivity contribution in [3.8, 4) is 0 Å². The number of carbonyl (C=O) groups is 5. The van der Waals surface area contributed by atoms with Crippen molar-refractivity contribution in [1.29, 1.82) is 0 Å². The van der Waals surface area contributed by atoms with E-state index in [4.69, 9.17) is 16.4 Å². The molecule has 4 amide bonds. The smallest absolute Gasteiger partial charge is 0.289 e. The number of ketones is 1. The number of Topliss-reactive ketones (excluding diaryl/α,β-unsaturated/α-hetero) is 1. The number of likely N-dealkylation sites (tertiary alicyclic amines) is 1. The molecule has 1 aromatic heterocycles. The molecule has 1 saturated heterocycles. The predicted octanol–water partition coefficient (Wildman–Crippen LogP) is 3.97. The van der Waals surface area contributed by atoms with Crippen LogP contribution in [0.25, 0.3) is 5.70 Å². The van der Waals surface area contributed by atoms with Gasteiger partial charge in [-0.15, -0.1) is 0 Å². The van der Waals surface area contributed by atoms with Crippen LogP contribution < -0.4 is 21.4 Å². The average Bonchev–Trinajstić information content (AvgIpc) is 3.65. The lowest BCUT2D eigenvalue weighted by atomic mass is 9.80. The third-order valence-corrected chi connectivity index (χ3v) is 11.1. The van der Waals surface area contributed by atoms with Gasteiger partial charge in [0.05, 0.1) is 23.3 Å². The molecule has 13 heteroatoms. The fourth-order valence-electron chi connectivity index (χ4n) is 7.62. The summed E-state index contributed by atoms with van der Waals surface area (Å²) in [6, 6.07) is -1.24. The van der Waals surface area contributed by atoms with Gasteiger partial charge < -0.3 is 20.9 Å². The van der Waals surface area contributed by atoms with Crippen LogP contribution in [0, 0.1) is 17.3 Å². The number of amides is 4. The molecule has 1 spiro atoms. The lowest BCUT2D eigenvalue weighted by Gasteiger charge is -2.36. The SMILES string of the molecule is CC(C)(C)[C@H](NC(=O)CC1CCCCC1)C(=O)N1C[C@@]2(C=C(c3cncc(Cl)c3)NO2)C[C@H]1C(=O)NC(CC1CCC1)C(=O)C(=O)NC1CC1. The van der Waals surface area contributed by atoms with E-state index in [1.165, 1.54) is 17.5 Å². The second-order valence-electron chi connectivity index (χ2n) is 16.2. The molecule has 50 heavy (non-hydrogen) atoms. The van der Waals surface area contributed by atoms with Crippen LogP contribution in [0.3, 0.4) is 0 Å². The monoisotopic (exact) mass is 710 g/mol. The third-order valence-electron chi connectivity index (χ3n) is 10.9. The van der Waals surface area contributed by atoms with Crippen molar-refractivity contribution in [2.75, 3.05) is 6.54 Å². The maximum absolute atomic E-state index is 14.6. The van der Waals surface area contributed by atoms with Gasteiger partial charge in [-0.3, -0.25) is 39.3 Å². The number of nitrogens with zero attached hydrogens (tertiary/aromatic N) is 2. The number of hydrogen-bond donors (Lipinski definition) is 4. The summed E-state index contributed by atoms with van der Waals surface area (Å²) < 4.78 is 0. The minimum absolute atomic E-state index is 0.000318. The van der Waals surface area contributed by atoms with Crippen molar-refractivity contribution in [3.05, 3.63) is 35.1 Å². The molecular formula is C37H51ClN6O6. The van der Waals surface area contributed by atoms with Crippen molar-refractivity contribution in [1.82, 2.24) is 31.3 Å². The van der Waals surface area contributed by atoms with Gasteiger partial charge >= 0.3 is 0 Å². The van der Waals surface area contributed by atoms with Gasteiger partial charge in [-0.05, 0) is 61.5 Å². The number of nitrogens with one attached hydrogen (secondary N) is 4. The molecule has 1 unspecified atom stereocenters. The summed E-state index contributed by atoms with van der Waals surface area (Å²) >= 11 is 6.21. The lowest BCUT2D eigenvalue weighted by Crippen LogP contribution is -2.59. The van der Waals surface area contributed by atoms with Crippen LogP contribution in [-0.4, -0.2) is 75.6 Å². The zero-order chi connectivity index (χ0) is 35.6. The second-order valence-corrected chi connectivity index (χ2v) is 16.6. The molecule has 3 saturated carbocycles.